The highest BCUT2D eigenvalue weighted by atomic mass is 31.2. The quantitative estimate of drug-likeness (QED) is 0.0205. The normalized spacial score (nSPS) is 13.8. The molecule has 0 fully saturated rings. The Kier molecular flexibility index (Phi) is 61.5. The number of likely N-dealkylation sites (N-methyl/N-ethyl adjacent to an activating group) is 1. The number of esters is 1. The maximum atomic E-state index is 13.6. The molecule has 0 rings (SSSR count). The van der Waals surface area contributed by atoms with Crippen LogP contribution in [0.2, 0.25) is 0 Å². The minimum Gasteiger partial charge on any atom is -0.456 e. The van der Waals surface area contributed by atoms with E-state index in [-0.39, 0.29) is 31.5 Å². The molecule has 0 aromatic rings. The second-order valence-electron chi connectivity index (χ2n) is 25.8. The molecule has 0 aliphatic carbocycles. The lowest BCUT2D eigenvalue weighted by molar-refractivity contribution is -0.870. The zero-order chi connectivity index (χ0) is 60.7. The van der Waals surface area contributed by atoms with Crippen LogP contribution in [-0.2, 0) is 27.9 Å². The number of rotatable bonds is 66. The van der Waals surface area contributed by atoms with Crippen LogP contribution >= 0.6 is 7.82 Å². The molecule has 2 N–H and O–H groups in total. The molecule has 3 atom stereocenters. The van der Waals surface area contributed by atoms with Crippen LogP contribution in [-0.4, -0.2) is 74.3 Å². The molecule has 0 aromatic heterocycles. The van der Waals surface area contributed by atoms with Gasteiger partial charge in [-0.2, -0.15) is 0 Å². The van der Waals surface area contributed by atoms with E-state index in [4.69, 9.17) is 13.8 Å². The summed E-state index contributed by atoms with van der Waals surface area (Å²) in [6.07, 6.45) is 79.8. The largest absolute Gasteiger partial charge is 0.472 e. The van der Waals surface area contributed by atoms with Crippen molar-refractivity contribution in [3.8, 4) is 0 Å². The van der Waals surface area contributed by atoms with Crippen LogP contribution in [0.25, 0.3) is 0 Å². The molecular weight excluding hydrogens is 1050 g/mol. The SMILES string of the molecule is CCCCC/C=C\C/C=C\C/C=C\CCCCCCCCCCC(=O)OC(/C=C/CCCCCCCCCCCCC)C(COP(=O)(O)OCC[N+](C)(C)C)NC(=O)CCCCCCCCCCCCCCCCCCCCCCCCC. The number of phosphoric ester groups is 1. The molecule has 0 bridgehead atoms. The fourth-order valence-electron chi connectivity index (χ4n) is 10.7. The van der Waals surface area contributed by atoms with Crippen molar-refractivity contribution < 1.29 is 37.3 Å². The first kappa shape index (κ1) is 81.0. The Morgan fingerprint density at radius 3 is 1.12 bits per heavy atom. The lowest BCUT2D eigenvalue weighted by Crippen LogP contribution is -2.47. The van der Waals surface area contributed by atoms with Gasteiger partial charge >= 0.3 is 13.8 Å². The van der Waals surface area contributed by atoms with Gasteiger partial charge < -0.3 is 19.4 Å². The highest BCUT2D eigenvalue weighted by Crippen LogP contribution is 2.43. The van der Waals surface area contributed by atoms with Gasteiger partial charge in [0.2, 0.25) is 5.91 Å². The van der Waals surface area contributed by atoms with Crippen molar-refractivity contribution in [1.82, 2.24) is 5.32 Å². The number of hydrogen-bond donors (Lipinski definition) is 2. The summed E-state index contributed by atoms with van der Waals surface area (Å²) < 4.78 is 30.9. The molecule has 0 spiro atoms. The molecule has 10 heteroatoms. The first-order valence-corrected chi connectivity index (χ1v) is 37.5. The lowest BCUT2D eigenvalue weighted by Gasteiger charge is -2.27. The first-order chi connectivity index (χ1) is 40.4. The average Bonchev–Trinajstić information content (AvgIpc) is 3.47. The zero-order valence-electron chi connectivity index (χ0n) is 56.0. The predicted octanol–water partition coefficient (Wildman–Crippen LogP) is 22.8. The molecular formula is C73H140N2O7P+. The Labute approximate surface area is 516 Å². The molecule has 83 heavy (non-hydrogen) atoms. The van der Waals surface area contributed by atoms with Gasteiger partial charge in [-0.05, 0) is 70.3 Å². The van der Waals surface area contributed by atoms with Crippen molar-refractivity contribution in [3.05, 3.63) is 48.6 Å². The second kappa shape index (κ2) is 63.0. The van der Waals surface area contributed by atoms with Crippen LogP contribution in [0.1, 0.15) is 355 Å². The maximum Gasteiger partial charge on any atom is 0.472 e. The third kappa shape index (κ3) is 64.3. The third-order valence-electron chi connectivity index (χ3n) is 16.3. The van der Waals surface area contributed by atoms with Crippen LogP contribution in [0.15, 0.2) is 48.6 Å². The van der Waals surface area contributed by atoms with E-state index in [2.05, 4.69) is 62.5 Å². The molecule has 488 valence electrons. The van der Waals surface area contributed by atoms with Gasteiger partial charge in [-0.1, -0.05) is 320 Å². The predicted molar refractivity (Wildman–Crippen MR) is 360 cm³/mol. The number of quaternary nitrogens is 1. The van der Waals surface area contributed by atoms with Crippen LogP contribution in [0.5, 0.6) is 0 Å². The summed E-state index contributed by atoms with van der Waals surface area (Å²) >= 11 is 0. The van der Waals surface area contributed by atoms with Crippen molar-refractivity contribution in [2.75, 3.05) is 40.9 Å². The number of hydrogen-bond acceptors (Lipinski definition) is 6. The van der Waals surface area contributed by atoms with Crippen LogP contribution in [0.4, 0.5) is 0 Å². The minimum atomic E-state index is -4.45. The average molecular weight is 1190 g/mol. The van der Waals surface area contributed by atoms with Crippen molar-refractivity contribution >= 4 is 19.7 Å². The highest BCUT2D eigenvalue weighted by molar-refractivity contribution is 7.47. The summed E-state index contributed by atoms with van der Waals surface area (Å²) in [5, 5.41) is 3.08. The zero-order valence-corrected chi connectivity index (χ0v) is 56.8. The summed E-state index contributed by atoms with van der Waals surface area (Å²) in [5.41, 5.74) is 0. The maximum absolute atomic E-state index is 13.6. The van der Waals surface area contributed by atoms with Crippen molar-refractivity contribution in [2.24, 2.45) is 0 Å². The molecule has 0 aliphatic heterocycles. The van der Waals surface area contributed by atoms with Gasteiger partial charge in [-0.15, -0.1) is 0 Å². The number of allylic oxidation sites excluding steroid dienone is 7. The Hall–Kier alpha value is -2.03. The van der Waals surface area contributed by atoms with Crippen LogP contribution in [0.3, 0.4) is 0 Å². The monoisotopic (exact) mass is 1190 g/mol. The van der Waals surface area contributed by atoms with Gasteiger partial charge in [-0.25, -0.2) is 4.57 Å². The standard InChI is InChI=1S/C73H139N2O7P/c1-7-10-13-16-19-22-25-28-30-32-34-36-37-39-40-42-44-47-50-53-56-59-62-65-72(76)74-70(69-81-83(78,79)80-68-67-75(4,5)6)71(64-61-58-55-52-49-46-27-24-21-18-15-12-9-3)82-73(77)66-63-60-57-54-51-48-45-43-41-38-35-33-31-29-26-23-20-17-14-11-8-2/h20,23,29,31,35,38,61,64,70-71H,7-19,21-22,24-28,30,32-34,36-37,39-60,62-63,65-69H2,1-6H3,(H-,74,76,78,79)/p+1/b23-20-,31-29-,38-35-,64-61+. The van der Waals surface area contributed by atoms with Crippen LogP contribution in [0, 0.1) is 0 Å². The van der Waals surface area contributed by atoms with Crippen molar-refractivity contribution in [3.63, 3.8) is 0 Å². The van der Waals surface area contributed by atoms with E-state index in [1.807, 2.05) is 33.3 Å². The summed E-state index contributed by atoms with van der Waals surface area (Å²) in [6.45, 7) is 7.04. The van der Waals surface area contributed by atoms with Gasteiger partial charge in [-0.3, -0.25) is 18.6 Å². The number of nitrogens with one attached hydrogen (secondary N) is 1. The highest BCUT2D eigenvalue weighted by Gasteiger charge is 2.30. The molecule has 9 nitrogen and oxygen atoms in total. The minimum absolute atomic E-state index is 0.0406. The molecule has 3 unspecified atom stereocenters. The Bertz CT molecular complexity index is 1560. The molecule has 0 aliphatic rings. The first-order valence-electron chi connectivity index (χ1n) is 36.0. The van der Waals surface area contributed by atoms with Gasteiger partial charge in [0.25, 0.3) is 0 Å². The lowest BCUT2D eigenvalue weighted by atomic mass is 10.0. The van der Waals surface area contributed by atoms with Gasteiger partial charge in [0.15, 0.2) is 0 Å². The molecule has 0 aromatic carbocycles. The number of ether oxygens (including phenoxy) is 1. The molecule has 0 radical (unpaired) electrons. The van der Waals surface area contributed by atoms with Crippen LogP contribution < -0.4 is 5.32 Å². The van der Waals surface area contributed by atoms with E-state index in [1.165, 1.54) is 238 Å². The van der Waals surface area contributed by atoms with Crippen molar-refractivity contribution in [2.45, 2.75) is 367 Å². The summed E-state index contributed by atoms with van der Waals surface area (Å²) in [7, 11) is 1.51. The second-order valence-corrected chi connectivity index (χ2v) is 27.2. The Balaban J connectivity index is 5.10. The fraction of sp³-hybridized carbons (Fsp3) is 0.863. The van der Waals surface area contributed by atoms with E-state index >= 15 is 0 Å². The van der Waals surface area contributed by atoms with Crippen molar-refractivity contribution in [1.29, 1.82) is 0 Å². The number of nitrogens with zero attached hydrogens (tertiary/aromatic N) is 1. The topological polar surface area (TPSA) is 111 Å². The number of unbranched alkanes of at least 4 members (excludes halogenated alkanes) is 44. The molecule has 0 heterocycles. The molecule has 1 amide bonds. The summed E-state index contributed by atoms with van der Waals surface area (Å²) in [4.78, 5) is 37.9. The number of carbonyl (C=O) groups is 2. The van der Waals surface area contributed by atoms with E-state index < -0.39 is 20.0 Å². The van der Waals surface area contributed by atoms with E-state index in [0.717, 1.165) is 83.5 Å². The summed E-state index contributed by atoms with van der Waals surface area (Å²) in [5.74, 6) is -0.495. The Morgan fingerprint density at radius 2 is 0.735 bits per heavy atom. The fourth-order valence-corrected chi connectivity index (χ4v) is 11.5. The Morgan fingerprint density at radius 1 is 0.422 bits per heavy atom. The van der Waals surface area contributed by atoms with E-state index in [0.29, 0.717) is 17.4 Å². The van der Waals surface area contributed by atoms with E-state index in [1.54, 1.807) is 0 Å². The van der Waals surface area contributed by atoms with Gasteiger partial charge in [0.05, 0.1) is 33.8 Å². The third-order valence-corrected chi connectivity index (χ3v) is 17.3. The number of amides is 1. The molecule has 0 saturated heterocycles. The smallest absolute Gasteiger partial charge is 0.456 e. The summed E-state index contributed by atoms with van der Waals surface area (Å²) in [6, 6.07) is -0.850. The van der Waals surface area contributed by atoms with Gasteiger partial charge in [0, 0.05) is 12.8 Å². The number of carbonyl (C=O) groups excluding carboxylic acids is 2. The number of phosphoric acid groups is 1. The molecule has 0 saturated carbocycles. The van der Waals surface area contributed by atoms with E-state index in [9.17, 15) is 19.0 Å². The van der Waals surface area contributed by atoms with Gasteiger partial charge in [0.1, 0.15) is 19.3 Å².